The fraction of sp³-hybridized carbons (Fsp3) is 0.273. The number of aromatic nitrogens is 1. The minimum Gasteiger partial charge on any atom is -0.497 e. The largest absolute Gasteiger partial charge is 0.497 e. The predicted octanol–water partition coefficient (Wildman–Crippen LogP) is 3.49. The third kappa shape index (κ3) is 4.24. The maximum absolute atomic E-state index is 12.9. The van der Waals surface area contributed by atoms with E-state index >= 15 is 0 Å². The van der Waals surface area contributed by atoms with E-state index in [0.717, 1.165) is 48.1 Å². The van der Waals surface area contributed by atoms with E-state index in [0.29, 0.717) is 17.2 Å². The molecule has 3 aromatic rings. The predicted molar refractivity (Wildman–Crippen MR) is 120 cm³/mol. The zero-order valence-electron chi connectivity index (χ0n) is 17.0. The molecule has 1 aliphatic rings. The second kappa shape index (κ2) is 9.15. The van der Waals surface area contributed by atoms with Gasteiger partial charge in [0.15, 0.2) is 0 Å². The van der Waals surface area contributed by atoms with Crippen molar-refractivity contribution in [3.05, 3.63) is 53.5 Å². The number of para-hydroxylation sites is 2. The highest BCUT2D eigenvalue weighted by molar-refractivity contribution is 7.13. The van der Waals surface area contributed by atoms with Crippen molar-refractivity contribution in [2.45, 2.75) is 0 Å². The average Bonchev–Trinajstić information content (AvgIpc) is 3.30. The Morgan fingerprint density at radius 2 is 1.93 bits per heavy atom. The topological polar surface area (TPSA) is 75.7 Å². The number of nitrogens with one attached hydrogen (secondary N) is 2. The van der Waals surface area contributed by atoms with Crippen molar-refractivity contribution in [3.63, 3.8) is 0 Å². The van der Waals surface area contributed by atoms with Crippen LogP contribution in [0.15, 0.2) is 47.8 Å². The number of methoxy groups -OCH3 is 2. The van der Waals surface area contributed by atoms with E-state index in [9.17, 15) is 4.79 Å². The highest BCUT2D eigenvalue weighted by Gasteiger charge is 2.18. The van der Waals surface area contributed by atoms with Gasteiger partial charge in [-0.2, -0.15) is 0 Å². The second-order valence-electron chi connectivity index (χ2n) is 6.81. The molecule has 1 saturated heterocycles. The average molecular weight is 425 g/mol. The number of benzene rings is 2. The van der Waals surface area contributed by atoms with Crippen LogP contribution in [0.25, 0.3) is 10.6 Å². The Balaban J connectivity index is 1.55. The number of anilines is 2. The van der Waals surface area contributed by atoms with Crippen LogP contribution in [-0.4, -0.2) is 51.3 Å². The van der Waals surface area contributed by atoms with Gasteiger partial charge in [0.1, 0.15) is 22.2 Å². The number of hydrogen-bond acceptors (Lipinski definition) is 7. The van der Waals surface area contributed by atoms with Gasteiger partial charge < -0.3 is 25.0 Å². The molecular weight excluding hydrogens is 400 g/mol. The number of hydrogen-bond donors (Lipinski definition) is 2. The molecule has 0 spiro atoms. The fourth-order valence-electron chi connectivity index (χ4n) is 3.42. The van der Waals surface area contributed by atoms with Gasteiger partial charge >= 0.3 is 0 Å². The first kappa shape index (κ1) is 20.2. The number of nitrogens with zero attached hydrogens (tertiary/aromatic N) is 2. The summed E-state index contributed by atoms with van der Waals surface area (Å²) in [5, 5.41) is 8.86. The normalized spacial score (nSPS) is 13.7. The molecule has 1 fully saturated rings. The Hall–Kier alpha value is -3.10. The highest BCUT2D eigenvalue weighted by atomic mass is 32.1. The summed E-state index contributed by atoms with van der Waals surface area (Å²) in [6.07, 6.45) is 0. The number of ether oxygens (including phenoxy) is 2. The molecule has 0 aliphatic carbocycles. The standard InChI is InChI=1S/C22H24N4O3S/c1-28-15-7-8-16(20(13-15)29-2)22-25-18(14-30-22)21(27)24-17-5-3-4-6-19(17)26-11-9-23-10-12-26/h3-8,13-14,23H,9-12H2,1-2H3,(H,24,27). The minimum absolute atomic E-state index is 0.229. The molecule has 0 atom stereocenters. The molecule has 0 saturated carbocycles. The molecule has 30 heavy (non-hydrogen) atoms. The van der Waals surface area contributed by atoms with Gasteiger partial charge in [-0.3, -0.25) is 4.79 Å². The van der Waals surface area contributed by atoms with Crippen molar-refractivity contribution >= 4 is 28.6 Å². The Morgan fingerprint density at radius 3 is 2.70 bits per heavy atom. The molecule has 0 unspecified atom stereocenters. The number of rotatable bonds is 6. The maximum atomic E-state index is 12.9. The number of piperazine rings is 1. The highest BCUT2D eigenvalue weighted by Crippen LogP contribution is 2.35. The van der Waals surface area contributed by atoms with Crippen LogP contribution in [0.5, 0.6) is 11.5 Å². The molecule has 8 heteroatoms. The van der Waals surface area contributed by atoms with Gasteiger partial charge in [-0.1, -0.05) is 12.1 Å². The molecule has 156 valence electrons. The van der Waals surface area contributed by atoms with Crippen molar-refractivity contribution in [1.82, 2.24) is 10.3 Å². The zero-order chi connectivity index (χ0) is 20.9. The number of amides is 1. The van der Waals surface area contributed by atoms with Crippen molar-refractivity contribution in [2.75, 3.05) is 50.6 Å². The van der Waals surface area contributed by atoms with Gasteiger partial charge in [0, 0.05) is 37.6 Å². The molecule has 1 aromatic heterocycles. The quantitative estimate of drug-likeness (QED) is 0.631. The fourth-order valence-corrected chi connectivity index (χ4v) is 4.25. The molecule has 4 rings (SSSR count). The van der Waals surface area contributed by atoms with Crippen molar-refractivity contribution < 1.29 is 14.3 Å². The maximum Gasteiger partial charge on any atom is 0.275 e. The van der Waals surface area contributed by atoms with E-state index in [-0.39, 0.29) is 5.91 Å². The van der Waals surface area contributed by atoms with Crippen LogP contribution in [0.4, 0.5) is 11.4 Å². The summed E-state index contributed by atoms with van der Waals surface area (Å²) < 4.78 is 10.7. The Morgan fingerprint density at radius 1 is 1.13 bits per heavy atom. The number of carbonyl (C=O) groups is 1. The zero-order valence-corrected chi connectivity index (χ0v) is 17.8. The van der Waals surface area contributed by atoms with Crippen LogP contribution >= 0.6 is 11.3 Å². The monoisotopic (exact) mass is 424 g/mol. The van der Waals surface area contributed by atoms with Crippen LogP contribution in [-0.2, 0) is 0 Å². The summed E-state index contributed by atoms with van der Waals surface area (Å²) in [6, 6.07) is 13.4. The summed E-state index contributed by atoms with van der Waals surface area (Å²) in [4.78, 5) is 19.7. The van der Waals surface area contributed by atoms with E-state index in [2.05, 4.69) is 20.5 Å². The Labute approximate surface area is 179 Å². The van der Waals surface area contributed by atoms with E-state index in [1.807, 2.05) is 36.4 Å². The van der Waals surface area contributed by atoms with E-state index in [1.54, 1.807) is 25.7 Å². The molecule has 2 aromatic carbocycles. The van der Waals surface area contributed by atoms with Gasteiger partial charge in [-0.05, 0) is 24.3 Å². The molecule has 2 N–H and O–H groups in total. The first-order valence-corrected chi connectivity index (χ1v) is 10.6. The minimum atomic E-state index is -0.229. The van der Waals surface area contributed by atoms with Crippen LogP contribution in [0.3, 0.4) is 0 Å². The first-order valence-electron chi connectivity index (χ1n) is 9.73. The first-order chi connectivity index (χ1) is 14.7. The molecular formula is C22H24N4O3S. The van der Waals surface area contributed by atoms with Gasteiger partial charge in [-0.15, -0.1) is 11.3 Å². The number of thiazole rings is 1. The Bertz CT molecular complexity index is 1030. The number of carbonyl (C=O) groups excluding carboxylic acids is 1. The van der Waals surface area contributed by atoms with E-state index in [4.69, 9.17) is 9.47 Å². The van der Waals surface area contributed by atoms with Crippen LogP contribution in [0.1, 0.15) is 10.5 Å². The SMILES string of the molecule is COc1ccc(-c2nc(C(=O)Nc3ccccc3N3CCNCC3)cs2)c(OC)c1. The Kier molecular flexibility index (Phi) is 6.15. The second-order valence-corrected chi connectivity index (χ2v) is 7.67. The lowest BCUT2D eigenvalue weighted by Crippen LogP contribution is -2.43. The summed E-state index contributed by atoms with van der Waals surface area (Å²) in [6.45, 7) is 3.68. The lowest BCUT2D eigenvalue weighted by Gasteiger charge is -2.31. The summed E-state index contributed by atoms with van der Waals surface area (Å²) >= 11 is 1.41. The lowest BCUT2D eigenvalue weighted by atomic mass is 10.2. The molecule has 0 bridgehead atoms. The summed E-state index contributed by atoms with van der Waals surface area (Å²) in [5.74, 6) is 1.13. The van der Waals surface area contributed by atoms with Crippen LogP contribution in [0, 0.1) is 0 Å². The van der Waals surface area contributed by atoms with Gasteiger partial charge in [0.2, 0.25) is 0 Å². The molecule has 0 radical (unpaired) electrons. The van der Waals surface area contributed by atoms with E-state index < -0.39 is 0 Å². The molecule has 7 nitrogen and oxygen atoms in total. The lowest BCUT2D eigenvalue weighted by molar-refractivity contribution is 0.102. The van der Waals surface area contributed by atoms with Crippen LogP contribution in [0.2, 0.25) is 0 Å². The molecule has 1 aliphatic heterocycles. The van der Waals surface area contributed by atoms with Gasteiger partial charge in [0.05, 0.1) is 31.2 Å². The molecule has 1 amide bonds. The smallest absolute Gasteiger partial charge is 0.275 e. The van der Waals surface area contributed by atoms with Gasteiger partial charge in [-0.25, -0.2) is 4.98 Å². The van der Waals surface area contributed by atoms with Crippen molar-refractivity contribution in [2.24, 2.45) is 0 Å². The molecule has 2 heterocycles. The van der Waals surface area contributed by atoms with E-state index in [1.165, 1.54) is 11.3 Å². The third-order valence-corrected chi connectivity index (χ3v) is 5.86. The van der Waals surface area contributed by atoms with Crippen molar-refractivity contribution in [1.29, 1.82) is 0 Å². The van der Waals surface area contributed by atoms with Crippen LogP contribution < -0.4 is 25.0 Å². The third-order valence-electron chi connectivity index (χ3n) is 4.99. The summed E-state index contributed by atoms with van der Waals surface area (Å²) in [5.41, 5.74) is 3.02. The van der Waals surface area contributed by atoms with Crippen molar-refractivity contribution in [3.8, 4) is 22.1 Å². The summed E-state index contributed by atoms with van der Waals surface area (Å²) in [7, 11) is 3.21. The van der Waals surface area contributed by atoms with Gasteiger partial charge in [0.25, 0.3) is 5.91 Å².